The van der Waals surface area contributed by atoms with Gasteiger partial charge in [0.25, 0.3) is 0 Å². The molecule has 1 heterocycles. The van der Waals surface area contributed by atoms with Crippen LogP contribution in [-0.4, -0.2) is 20.7 Å². The van der Waals surface area contributed by atoms with Gasteiger partial charge in [-0.3, -0.25) is 0 Å². The van der Waals surface area contributed by atoms with Crippen LogP contribution in [0.2, 0.25) is 0 Å². The zero-order valence-electron chi connectivity index (χ0n) is 5.83. The van der Waals surface area contributed by atoms with Crippen LogP contribution in [0.3, 0.4) is 0 Å². The average Bonchev–Trinajstić information content (AvgIpc) is 2.34. The molecule has 0 amide bonds. The van der Waals surface area contributed by atoms with Crippen molar-refractivity contribution in [2.45, 2.75) is 6.92 Å². The Morgan fingerprint density at radius 3 is 2.90 bits per heavy atom. The van der Waals surface area contributed by atoms with Gasteiger partial charge in [0, 0.05) is 7.05 Å². The molecule has 0 N–H and O–H groups in total. The summed E-state index contributed by atoms with van der Waals surface area (Å²) in [4.78, 5) is 14.0. The first-order valence-corrected chi connectivity index (χ1v) is 2.81. The largest absolute Gasteiger partial charge is 0.249 e. The maximum Gasteiger partial charge on any atom is 0.164 e. The van der Waals surface area contributed by atoms with E-state index in [2.05, 4.69) is 10.1 Å². The zero-order chi connectivity index (χ0) is 7.56. The molecule has 0 spiro atoms. The van der Waals surface area contributed by atoms with Crippen molar-refractivity contribution >= 4 is 11.5 Å². The van der Waals surface area contributed by atoms with Gasteiger partial charge in [0.05, 0.1) is 5.57 Å². The lowest BCUT2D eigenvalue weighted by Crippen LogP contribution is -1.96. The highest BCUT2D eigenvalue weighted by molar-refractivity contribution is 5.83. The van der Waals surface area contributed by atoms with E-state index in [1.807, 2.05) is 0 Å². The van der Waals surface area contributed by atoms with Crippen molar-refractivity contribution in [3.63, 3.8) is 0 Å². The van der Waals surface area contributed by atoms with Gasteiger partial charge >= 0.3 is 0 Å². The molecule has 1 aromatic heterocycles. The lowest BCUT2D eigenvalue weighted by Gasteiger charge is -1.92. The Labute approximate surface area is 58.2 Å². The summed E-state index contributed by atoms with van der Waals surface area (Å²) >= 11 is 0. The number of hydrogen-bond acceptors (Lipinski definition) is 3. The van der Waals surface area contributed by atoms with E-state index >= 15 is 0 Å². The van der Waals surface area contributed by atoms with Gasteiger partial charge in [0.1, 0.15) is 12.3 Å². The number of aromatic nitrogens is 3. The van der Waals surface area contributed by atoms with Gasteiger partial charge in [0.15, 0.2) is 5.82 Å². The maximum absolute atomic E-state index is 10.1. The summed E-state index contributed by atoms with van der Waals surface area (Å²) in [5.41, 5.74) is 0.472. The first-order valence-electron chi connectivity index (χ1n) is 2.81. The van der Waals surface area contributed by atoms with E-state index in [4.69, 9.17) is 0 Å². The molecule has 0 saturated carbocycles. The van der Waals surface area contributed by atoms with E-state index in [1.165, 1.54) is 11.0 Å². The lowest BCUT2D eigenvalue weighted by atomic mass is 10.3. The van der Waals surface area contributed by atoms with Gasteiger partial charge in [-0.1, -0.05) is 0 Å². The summed E-state index contributed by atoms with van der Waals surface area (Å²) in [6.07, 6.45) is 1.40. The smallest absolute Gasteiger partial charge is 0.164 e. The monoisotopic (exact) mass is 137 g/mol. The second kappa shape index (κ2) is 2.45. The summed E-state index contributed by atoms with van der Waals surface area (Å²) in [7, 11) is 1.73. The van der Waals surface area contributed by atoms with E-state index in [0.717, 1.165) is 0 Å². The Kier molecular flexibility index (Phi) is 1.65. The fourth-order valence-corrected chi connectivity index (χ4v) is 0.681. The fourth-order valence-electron chi connectivity index (χ4n) is 0.681. The number of hydrogen-bond donors (Lipinski definition) is 0. The molecular weight excluding hydrogens is 130 g/mol. The van der Waals surface area contributed by atoms with Crippen LogP contribution in [0.15, 0.2) is 6.33 Å². The molecule has 0 aromatic carbocycles. The Hall–Kier alpha value is -1.41. The van der Waals surface area contributed by atoms with Crippen molar-refractivity contribution in [2.24, 2.45) is 7.05 Å². The summed E-state index contributed by atoms with van der Waals surface area (Å²) in [6.45, 7) is 1.65. The third-order valence-corrected chi connectivity index (χ3v) is 1.20. The van der Waals surface area contributed by atoms with Crippen molar-refractivity contribution < 1.29 is 4.79 Å². The summed E-state index contributed by atoms with van der Waals surface area (Å²) in [5.74, 6) is 2.32. The molecule has 0 saturated heterocycles. The van der Waals surface area contributed by atoms with E-state index < -0.39 is 0 Å². The van der Waals surface area contributed by atoms with Crippen LogP contribution in [0.25, 0.3) is 5.57 Å². The number of allylic oxidation sites excluding steroid dienone is 1. The Morgan fingerprint density at radius 2 is 2.50 bits per heavy atom. The molecule has 0 aliphatic heterocycles. The molecule has 0 atom stereocenters. The van der Waals surface area contributed by atoms with Gasteiger partial charge in [-0.15, -0.1) is 0 Å². The quantitative estimate of drug-likeness (QED) is 0.514. The van der Waals surface area contributed by atoms with Crippen LogP contribution in [0.4, 0.5) is 0 Å². The number of aryl methyl sites for hydroxylation is 1. The molecule has 0 unspecified atom stereocenters. The molecule has 0 aliphatic carbocycles. The second-order valence-electron chi connectivity index (χ2n) is 1.93. The van der Waals surface area contributed by atoms with E-state index in [9.17, 15) is 4.79 Å². The highest BCUT2D eigenvalue weighted by Crippen LogP contribution is 2.02. The molecule has 0 radical (unpaired) electrons. The third-order valence-electron chi connectivity index (χ3n) is 1.20. The molecule has 10 heavy (non-hydrogen) atoms. The van der Waals surface area contributed by atoms with Crippen molar-refractivity contribution in [3.8, 4) is 0 Å². The Balaban J connectivity index is 3.17. The molecule has 1 aromatic rings. The van der Waals surface area contributed by atoms with E-state index in [0.29, 0.717) is 11.4 Å². The van der Waals surface area contributed by atoms with E-state index in [-0.39, 0.29) is 0 Å². The van der Waals surface area contributed by atoms with Crippen LogP contribution >= 0.6 is 0 Å². The Morgan fingerprint density at radius 1 is 1.80 bits per heavy atom. The van der Waals surface area contributed by atoms with Gasteiger partial charge in [-0.25, -0.2) is 14.5 Å². The van der Waals surface area contributed by atoms with Crippen LogP contribution in [0.1, 0.15) is 12.7 Å². The first kappa shape index (κ1) is 6.71. The molecular formula is C6H7N3O. The molecule has 52 valence electrons. The topological polar surface area (TPSA) is 47.8 Å². The molecule has 0 aliphatic rings. The maximum atomic E-state index is 10.1. The van der Waals surface area contributed by atoms with Crippen molar-refractivity contribution in [1.82, 2.24) is 14.8 Å². The lowest BCUT2D eigenvalue weighted by molar-refractivity contribution is 0.569. The molecule has 4 heteroatoms. The summed E-state index contributed by atoms with van der Waals surface area (Å²) < 4.78 is 1.53. The van der Waals surface area contributed by atoms with Crippen LogP contribution < -0.4 is 0 Å². The highest BCUT2D eigenvalue weighted by Gasteiger charge is 2.01. The van der Waals surface area contributed by atoms with Crippen molar-refractivity contribution in [3.05, 3.63) is 12.2 Å². The third kappa shape index (κ3) is 0.967. The Bertz CT molecular complexity index is 283. The molecule has 1 rings (SSSR count). The molecule has 0 bridgehead atoms. The fraction of sp³-hybridized carbons (Fsp3) is 0.333. The standard InChI is InChI=1S/C6H7N3O/c1-5(3-10)6-7-4-8-9(6)2/h4H,1-2H3. The van der Waals surface area contributed by atoms with Crippen molar-refractivity contribution in [1.29, 1.82) is 0 Å². The summed E-state index contributed by atoms with van der Waals surface area (Å²) in [6, 6.07) is 0. The number of carbonyl (C=O) groups excluding carboxylic acids is 1. The van der Waals surface area contributed by atoms with Gasteiger partial charge < -0.3 is 0 Å². The highest BCUT2D eigenvalue weighted by atomic mass is 16.1. The van der Waals surface area contributed by atoms with Crippen LogP contribution in [-0.2, 0) is 11.8 Å². The van der Waals surface area contributed by atoms with Crippen LogP contribution in [0.5, 0.6) is 0 Å². The molecule has 0 fully saturated rings. The minimum absolute atomic E-state index is 0.472. The second-order valence-corrected chi connectivity index (χ2v) is 1.93. The number of nitrogens with zero attached hydrogens (tertiary/aromatic N) is 3. The minimum atomic E-state index is 0.472. The van der Waals surface area contributed by atoms with Crippen molar-refractivity contribution in [2.75, 3.05) is 0 Å². The number of rotatable bonds is 1. The summed E-state index contributed by atoms with van der Waals surface area (Å²) in [5, 5.41) is 3.79. The van der Waals surface area contributed by atoms with E-state index in [1.54, 1.807) is 19.9 Å². The minimum Gasteiger partial charge on any atom is -0.249 e. The average molecular weight is 137 g/mol. The first-order chi connectivity index (χ1) is 4.75. The van der Waals surface area contributed by atoms with Crippen LogP contribution in [0, 0.1) is 0 Å². The molecule has 4 nitrogen and oxygen atoms in total. The van der Waals surface area contributed by atoms with Gasteiger partial charge in [-0.2, -0.15) is 5.10 Å². The van der Waals surface area contributed by atoms with Gasteiger partial charge in [-0.05, 0) is 6.92 Å². The SMILES string of the molecule is CC(=C=O)c1ncnn1C. The normalized spacial score (nSPS) is 9.00. The predicted octanol–water partition coefficient (Wildman–Crippen LogP) is 0.0500. The van der Waals surface area contributed by atoms with Gasteiger partial charge in [0.2, 0.25) is 0 Å². The predicted molar refractivity (Wildman–Crippen MR) is 35.8 cm³/mol. The zero-order valence-corrected chi connectivity index (χ0v) is 5.83.